The number of aromatic nitrogens is 2. The molecule has 5 amide bonds. The van der Waals surface area contributed by atoms with Gasteiger partial charge in [0.25, 0.3) is 11.8 Å². The first-order chi connectivity index (χ1) is 35.0. The van der Waals surface area contributed by atoms with Gasteiger partial charge in [-0.3, -0.25) is 28.9 Å². The zero-order chi connectivity index (χ0) is 53.7. The van der Waals surface area contributed by atoms with Gasteiger partial charge in [-0.05, 0) is 111 Å². The molecule has 388 valence electrons. The number of amides is 5. The highest BCUT2D eigenvalue weighted by Crippen LogP contribution is 2.42. The highest BCUT2D eigenvalue weighted by atomic mass is 32.1. The Bertz CT molecular complexity index is 2970. The second-order valence-electron chi connectivity index (χ2n) is 19.1. The number of carbonyl (C=O) groups is 5. The summed E-state index contributed by atoms with van der Waals surface area (Å²) in [5.74, 6) is -3.67. The number of nitrogens with one attached hydrogen (secondary N) is 3. The van der Waals surface area contributed by atoms with Gasteiger partial charge in [-0.25, -0.2) is 14.4 Å². The summed E-state index contributed by atoms with van der Waals surface area (Å²) >= 11 is 7.07. The molecule has 7 rings (SSSR count). The zero-order valence-corrected chi connectivity index (χ0v) is 42.9. The minimum absolute atomic E-state index is 0.108. The number of carbonyl (C=O) groups excluding carboxylic acids is 5. The van der Waals surface area contributed by atoms with Crippen LogP contribution in [-0.2, 0) is 36.6 Å². The van der Waals surface area contributed by atoms with E-state index in [1.54, 1.807) is 33.9 Å². The molecule has 74 heavy (non-hydrogen) atoms. The van der Waals surface area contributed by atoms with E-state index >= 15 is 4.39 Å². The number of thiocarbonyl (C=S) groups is 1. The van der Waals surface area contributed by atoms with Crippen LogP contribution in [0.1, 0.15) is 86.6 Å². The van der Waals surface area contributed by atoms with E-state index in [-0.39, 0.29) is 54.2 Å². The van der Waals surface area contributed by atoms with Gasteiger partial charge in [0.15, 0.2) is 10.9 Å². The van der Waals surface area contributed by atoms with E-state index in [1.807, 2.05) is 52.0 Å². The number of hydrogen-bond acceptors (Lipinski definition) is 12. The fourth-order valence-corrected chi connectivity index (χ4v) is 9.86. The molecule has 2 aromatic heterocycles. The lowest BCUT2D eigenvalue weighted by Gasteiger charge is -2.35. The molecule has 0 bridgehead atoms. The van der Waals surface area contributed by atoms with Gasteiger partial charge in [0.05, 0.1) is 45.3 Å². The van der Waals surface area contributed by atoms with Crippen LogP contribution in [0, 0.1) is 29.5 Å². The Balaban J connectivity index is 0.838. The Morgan fingerprint density at radius 2 is 1.70 bits per heavy atom. The maximum absolute atomic E-state index is 15.4. The van der Waals surface area contributed by atoms with E-state index in [1.165, 1.54) is 55.3 Å². The standard InChI is InChI=1S/C52H53F4N9O7S2/c1-30-43(74-29-61-30)32-12-10-31(11-13-32)26-60-46(68)38-9-7-23-63(38)47(69)44(50(2,3)4)62-39(66)28-71-24-8-22-58-45(67)33-14-18-36(19-15-33)72-40-21-17-35(27-59-40)65-49(73)64(48(70)51(65,5)6)37-20-16-34(25-57)41(42(37)53)52(54,55)56/h10-21,27,29,38,44H,7-9,22-24,26,28H2,1-6H3,(H,58,67)(H,60,68)(H,62,66). The summed E-state index contributed by atoms with van der Waals surface area (Å²) in [5.41, 5.74) is -0.357. The number of hydrogen-bond donors (Lipinski definition) is 3. The molecule has 2 atom stereocenters. The molecule has 2 aliphatic heterocycles. The zero-order valence-electron chi connectivity index (χ0n) is 41.3. The number of nitrogens with zero attached hydrogens (tertiary/aromatic N) is 6. The van der Waals surface area contributed by atoms with Crippen LogP contribution in [0.15, 0.2) is 84.5 Å². The van der Waals surface area contributed by atoms with Gasteiger partial charge in [-0.15, -0.1) is 11.3 Å². The summed E-state index contributed by atoms with van der Waals surface area (Å²) in [6.45, 7) is 11.1. The van der Waals surface area contributed by atoms with Crippen molar-refractivity contribution < 1.29 is 51.0 Å². The molecule has 2 saturated heterocycles. The first-order valence-corrected chi connectivity index (χ1v) is 24.8. The minimum atomic E-state index is -5.22. The summed E-state index contributed by atoms with van der Waals surface area (Å²) < 4.78 is 68.1. The Hall–Kier alpha value is -7.35. The highest BCUT2D eigenvalue weighted by molar-refractivity contribution is 7.81. The number of nitriles is 1. The quantitative estimate of drug-likeness (QED) is 0.0459. The van der Waals surface area contributed by atoms with E-state index in [2.05, 4.69) is 25.9 Å². The second-order valence-corrected chi connectivity index (χ2v) is 20.3. The van der Waals surface area contributed by atoms with Gasteiger partial charge >= 0.3 is 6.18 Å². The summed E-state index contributed by atoms with van der Waals surface area (Å²) in [5, 5.41) is 17.4. The first-order valence-electron chi connectivity index (χ1n) is 23.5. The van der Waals surface area contributed by atoms with Gasteiger partial charge in [-0.1, -0.05) is 45.0 Å². The van der Waals surface area contributed by atoms with Crippen molar-refractivity contribution in [1.82, 2.24) is 30.8 Å². The number of benzene rings is 3. The molecule has 2 fully saturated rings. The average molecular weight is 1060 g/mol. The van der Waals surface area contributed by atoms with Gasteiger partial charge in [-0.2, -0.15) is 18.4 Å². The van der Waals surface area contributed by atoms with Gasteiger partial charge in [0, 0.05) is 37.9 Å². The third-order valence-electron chi connectivity index (χ3n) is 12.4. The van der Waals surface area contributed by atoms with Crippen molar-refractivity contribution in [3.63, 3.8) is 0 Å². The Labute approximate surface area is 434 Å². The van der Waals surface area contributed by atoms with Crippen LogP contribution in [-0.4, -0.2) is 93.4 Å². The van der Waals surface area contributed by atoms with Crippen LogP contribution in [0.2, 0.25) is 0 Å². The molecule has 16 nitrogen and oxygen atoms in total. The number of halogens is 4. The third-order valence-corrected chi connectivity index (χ3v) is 13.8. The highest BCUT2D eigenvalue weighted by Gasteiger charge is 2.52. The molecule has 2 unspecified atom stereocenters. The molecule has 0 radical (unpaired) electrons. The van der Waals surface area contributed by atoms with Crippen molar-refractivity contribution in [3.05, 3.63) is 118 Å². The van der Waals surface area contributed by atoms with E-state index in [0.717, 1.165) is 33.8 Å². The monoisotopic (exact) mass is 1060 g/mol. The number of aryl methyl sites for hydroxylation is 1. The molecule has 2 aliphatic rings. The van der Waals surface area contributed by atoms with Crippen LogP contribution in [0.3, 0.4) is 0 Å². The molecule has 0 saturated carbocycles. The van der Waals surface area contributed by atoms with Crippen LogP contribution in [0.4, 0.5) is 28.9 Å². The third kappa shape index (κ3) is 12.0. The number of thiazole rings is 1. The molecule has 0 aliphatic carbocycles. The smallest absolute Gasteiger partial charge is 0.420 e. The van der Waals surface area contributed by atoms with Crippen molar-refractivity contribution >= 4 is 69.6 Å². The summed E-state index contributed by atoms with van der Waals surface area (Å²) in [7, 11) is 0. The maximum atomic E-state index is 15.4. The van der Waals surface area contributed by atoms with Crippen molar-refractivity contribution in [2.24, 2.45) is 5.41 Å². The van der Waals surface area contributed by atoms with Crippen LogP contribution in [0.25, 0.3) is 10.4 Å². The van der Waals surface area contributed by atoms with E-state index in [4.69, 9.17) is 21.7 Å². The Kier molecular flexibility index (Phi) is 16.5. The number of pyridine rings is 1. The van der Waals surface area contributed by atoms with Gasteiger partial charge < -0.3 is 35.2 Å². The lowest BCUT2D eigenvalue weighted by atomic mass is 9.85. The number of ether oxygens (including phenoxy) is 2. The Morgan fingerprint density at radius 3 is 2.32 bits per heavy atom. The second kappa shape index (κ2) is 22.4. The van der Waals surface area contributed by atoms with Crippen LogP contribution >= 0.6 is 23.6 Å². The van der Waals surface area contributed by atoms with Crippen molar-refractivity contribution in [2.75, 3.05) is 36.1 Å². The lowest BCUT2D eigenvalue weighted by molar-refractivity contribution is -0.144. The summed E-state index contributed by atoms with van der Waals surface area (Å²) in [4.78, 5) is 80.1. The van der Waals surface area contributed by atoms with E-state index < -0.39 is 63.7 Å². The number of anilines is 2. The molecule has 0 spiro atoms. The summed E-state index contributed by atoms with van der Waals surface area (Å²) in [6, 6.07) is 18.5. The topological polar surface area (TPSA) is 199 Å². The predicted octanol–water partition coefficient (Wildman–Crippen LogP) is 8.23. The summed E-state index contributed by atoms with van der Waals surface area (Å²) in [6.07, 6.45) is -2.37. The maximum Gasteiger partial charge on any atom is 0.420 e. The molecular weight excluding hydrogens is 1000 g/mol. The van der Waals surface area contributed by atoms with Crippen molar-refractivity contribution in [3.8, 4) is 28.1 Å². The lowest BCUT2D eigenvalue weighted by Crippen LogP contribution is -2.58. The predicted molar refractivity (Wildman–Crippen MR) is 272 cm³/mol. The van der Waals surface area contributed by atoms with Gasteiger partial charge in [0.2, 0.25) is 23.6 Å². The molecule has 5 aromatic rings. The van der Waals surface area contributed by atoms with Gasteiger partial charge in [0.1, 0.15) is 35.5 Å². The first kappa shape index (κ1) is 54.4. The van der Waals surface area contributed by atoms with Crippen molar-refractivity contribution in [1.29, 1.82) is 5.26 Å². The largest absolute Gasteiger partial charge is 0.439 e. The van der Waals surface area contributed by atoms with Crippen LogP contribution in [0.5, 0.6) is 11.6 Å². The SMILES string of the molecule is Cc1ncsc1-c1ccc(CNC(=O)C2CCCN2C(=O)C(NC(=O)COCCCNC(=O)c2ccc(Oc3ccc(N4C(=S)N(c5ccc(C#N)c(C(F)(F)F)c5F)C(=O)C4(C)C)cn3)cc2)C(C)(C)C)cc1. The number of alkyl halides is 3. The molecule has 3 aromatic carbocycles. The number of rotatable bonds is 17. The number of likely N-dealkylation sites (tertiary alicyclic amines) is 1. The van der Waals surface area contributed by atoms with Crippen LogP contribution < -0.4 is 30.5 Å². The molecular formula is C52H53F4N9O7S2. The van der Waals surface area contributed by atoms with E-state index in [0.29, 0.717) is 48.6 Å². The molecule has 4 heterocycles. The molecule has 3 N–H and O–H groups in total. The fraction of sp³-hybridized carbons (Fsp3) is 0.365. The fourth-order valence-electron chi connectivity index (χ4n) is 8.53. The normalized spacial score (nSPS) is 16.0. The van der Waals surface area contributed by atoms with Crippen molar-refractivity contribution in [2.45, 2.75) is 91.1 Å². The molecule has 22 heteroatoms. The Morgan fingerprint density at radius 1 is 0.986 bits per heavy atom. The van der Waals surface area contributed by atoms with E-state index in [9.17, 15) is 42.4 Å². The average Bonchev–Trinajstić information content (AvgIpc) is 4.07. The minimum Gasteiger partial charge on any atom is -0.439 e.